The quantitative estimate of drug-likeness (QED) is 0.250. The Morgan fingerprint density at radius 2 is 1.56 bits per heavy atom. The minimum Gasteiger partial charge on any atom is -0.0682 e. The molecular weight excluding hydrogens is 324 g/mol. The first-order valence-electron chi connectivity index (χ1n) is 12.6. The highest BCUT2D eigenvalue weighted by atomic mass is 14.5. The Labute approximate surface area is 173 Å². The highest BCUT2D eigenvalue weighted by Crippen LogP contribution is 2.52. The van der Waals surface area contributed by atoms with Crippen molar-refractivity contribution in [2.24, 2.45) is 35.5 Å². The van der Waals surface area contributed by atoms with E-state index in [4.69, 9.17) is 0 Å². The van der Waals surface area contributed by atoms with Crippen molar-refractivity contribution in [3.8, 4) is 0 Å². The Kier molecular flexibility index (Phi) is 12.0. The van der Waals surface area contributed by atoms with Crippen LogP contribution in [-0.2, 0) is 0 Å². The lowest BCUT2D eigenvalue weighted by molar-refractivity contribution is 0.400. The summed E-state index contributed by atoms with van der Waals surface area (Å²) >= 11 is 0. The lowest BCUT2D eigenvalue weighted by Gasteiger charge is -2.22. The summed E-state index contributed by atoms with van der Waals surface area (Å²) < 4.78 is 0. The molecule has 27 heavy (non-hydrogen) atoms. The summed E-state index contributed by atoms with van der Waals surface area (Å²) in [4.78, 5) is 0. The molecule has 1 fully saturated rings. The van der Waals surface area contributed by atoms with E-state index in [9.17, 15) is 0 Å². The molecule has 0 radical (unpaired) electrons. The monoisotopic (exact) mass is 376 g/mol. The highest BCUT2D eigenvalue weighted by Gasteiger charge is 2.41. The Balaban J connectivity index is 2.85. The van der Waals surface area contributed by atoms with Gasteiger partial charge >= 0.3 is 0 Å². The smallest absolute Gasteiger partial charge is 0.0169 e. The van der Waals surface area contributed by atoms with Gasteiger partial charge in [0, 0.05) is 0 Å². The zero-order valence-electron chi connectivity index (χ0n) is 20.2. The van der Waals surface area contributed by atoms with Gasteiger partial charge in [0.2, 0.25) is 0 Å². The van der Waals surface area contributed by atoms with Gasteiger partial charge in [-0.1, -0.05) is 98.6 Å². The van der Waals surface area contributed by atoms with Gasteiger partial charge in [-0.2, -0.15) is 0 Å². The van der Waals surface area contributed by atoms with Crippen LogP contribution in [0.4, 0.5) is 0 Å². The molecule has 0 aromatic carbocycles. The Morgan fingerprint density at radius 3 is 2.07 bits per heavy atom. The van der Waals surface area contributed by atoms with Crippen LogP contribution in [0, 0.1) is 35.5 Å². The summed E-state index contributed by atoms with van der Waals surface area (Å²) in [5.41, 5.74) is 3.77. The molecule has 0 amide bonds. The van der Waals surface area contributed by atoms with Crippen LogP contribution in [0.25, 0.3) is 0 Å². The van der Waals surface area contributed by atoms with Gasteiger partial charge in [0.25, 0.3) is 0 Å². The number of hydrogen-bond donors (Lipinski definition) is 0. The first-order valence-corrected chi connectivity index (χ1v) is 12.6. The second-order valence-electron chi connectivity index (χ2n) is 10.4. The fourth-order valence-electron chi connectivity index (χ4n) is 4.95. The maximum absolute atomic E-state index is 2.45. The van der Waals surface area contributed by atoms with Crippen molar-refractivity contribution >= 4 is 0 Å². The average molecular weight is 377 g/mol. The molecule has 160 valence electrons. The van der Waals surface area contributed by atoms with Crippen molar-refractivity contribution in [1.29, 1.82) is 0 Å². The lowest BCUT2D eigenvalue weighted by Crippen LogP contribution is -2.07. The van der Waals surface area contributed by atoms with E-state index in [2.05, 4.69) is 55.4 Å². The van der Waals surface area contributed by atoms with E-state index in [1.165, 1.54) is 70.6 Å². The van der Waals surface area contributed by atoms with Gasteiger partial charge in [0.05, 0.1) is 0 Å². The van der Waals surface area contributed by atoms with Crippen molar-refractivity contribution in [1.82, 2.24) is 0 Å². The molecule has 4 atom stereocenters. The van der Waals surface area contributed by atoms with Gasteiger partial charge < -0.3 is 0 Å². The number of rotatable bonds is 15. The second kappa shape index (κ2) is 13.1. The lowest BCUT2D eigenvalue weighted by atomic mass is 9.84. The topological polar surface area (TPSA) is 0 Å². The second-order valence-corrected chi connectivity index (χ2v) is 10.4. The van der Waals surface area contributed by atoms with Crippen LogP contribution in [0.1, 0.15) is 126 Å². The Hall–Kier alpha value is -0.260. The third-order valence-electron chi connectivity index (χ3n) is 7.22. The summed E-state index contributed by atoms with van der Waals surface area (Å²) in [6.07, 6.45) is 15.5. The zero-order chi connectivity index (χ0) is 20.4. The van der Waals surface area contributed by atoms with Gasteiger partial charge in [-0.05, 0) is 74.0 Å². The first-order chi connectivity index (χ1) is 12.8. The van der Waals surface area contributed by atoms with Gasteiger partial charge in [-0.15, -0.1) is 0 Å². The van der Waals surface area contributed by atoms with Crippen molar-refractivity contribution < 1.29 is 0 Å². The van der Waals surface area contributed by atoms with Crippen LogP contribution in [0.2, 0.25) is 0 Å². The number of allylic oxidation sites excluding steroid dienone is 2. The predicted octanol–water partition coefficient (Wildman–Crippen LogP) is 9.44. The molecule has 0 nitrogen and oxygen atoms in total. The minimum atomic E-state index is 0.737. The van der Waals surface area contributed by atoms with E-state index in [0.717, 1.165) is 35.5 Å². The molecule has 1 rings (SSSR count). The van der Waals surface area contributed by atoms with E-state index in [0.29, 0.717) is 0 Å². The number of hydrogen-bond acceptors (Lipinski definition) is 0. The van der Waals surface area contributed by atoms with Crippen LogP contribution in [0.5, 0.6) is 0 Å². The van der Waals surface area contributed by atoms with Crippen molar-refractivity contribution in [3.05, 3.63) is 11.1 Å². The molecule has 0 aromatic rings. The molecule has 0 aliphatic heterocycles. The SMILES string of the molecule is CCCC(CC)CC1CC1C(CCCC(C)CC)=C(CCC(C)C)C(C)C. The summed E-state index contributed by atoms with van der Waals surface area (Å²) in [5, 5.41) is 0. The zero-order valence-corrected chi connectivity index (χ0v) is 20.2. The maximum Gasteiger partial charge on any atom is -0.0169 e. The summed E-state index contributed by atoms with van der Waals surface area (Å²) in [6.45, 7) is 19.2. The summed E-state index contributed by atoms with van der Waals surface area (Å²) in [6, 6.07) is 0. The molecular formula is C27H52. The van der Waals surface area contributed by atoms with Gasteiger partial charge in [0.15, 0.2) is 0 Å². The van der Waals surface area contributed by atoms with Gasteiger partial charge in [-0.3, -0.25) is 0 Å². The molecule has 4 unspecified atom stereocenters. The van der Waals surface area contributed by atoms with Crippen LogP contribution in [0.15, 0.2) is 11.1 Å². The van der Waals surface area contributed by atoms with Crippen LogP contribution in [-0.4, -0.2) is 0 Å². The summed E-state index contributed by atoms with van der Waals surface area (Å²) in [5.74, 6) is 5.38. The molecule has 0 heteroatoms. The standard InChI is InChI=1S/C27H52/c1-9-13-23(11-3)18-24-19-27(24)26(15-12-14-22(8)10-2)25(21(6)7)17-16-20(4)5/h20-24,27H,9-19H2,1-8H3. The maximum atomic E-state index is 2.45. The van der Waals surface area contributed by atoms with Crippen molar-refractivity contribution in [3.63, 3.8) is 0 Å². The van der Waals surface area contributed by atoms with E-state index >= 15 is 0 Å². The van der Waals surface area contributed by atoms with E-state index in [-0.39, 0.29) is 0 Å². The van der Waals surface area contributed by atoms with Crippen LogP contribution in [0.3, 0.4) is 0 Å². The molecule has 1 aliphatic carbocycles. The molecule has 1 aliphatic rings. The normalized spacial score (nSPS) is 22.9. The molecule has 0 aromatic heterocycles. The molecule has 0 bridgehead atoms. The third kappa shape index (κ3) is 9.19. The van der Waals surface area contributed by atoms with E-state index in [1.807, 2.05) is 11.1 Å². The molecule has 0 heterocycles. The fraction of sp³-hybridized carbons (Fsp3) is 0.926. The van der Waals surface area contributed by atoms with Crippen molar-refractivity contribution in [2.75, 3.05) is 0 Å². The summed E-state index contributed by atoms with van der Waals surface area (Å²) in [7, 11) is 0. The molecule has 0 saturated heterocycles. The predicted molar refractivity (Wildman–Crippen MR) is 124 cm³/mol. The molecule has 1 saturated carbocycles. The Bertz CT molecular complexity index is 414. The Morgan fingerprint density at radius 1 is 0.852 bits per heavy atom. The molecule has 0 N–H and O–H groups in total. The fourth-order valence-corrected chi connectivity index (χ4v) is 4.95. The van der Waals surface area contributed by atoms with Crippen molar-refractivity contribution in [2.45, 2.75) is 126 Å². The van der Waals surface area contributed by atoms with E-state index in [1.54, 1.807) is 0 Å². The molecule has 0 spiro atoms. The van der Waals surface area contributed by atoms with Gasteiger partial charge in [-0.25, -0.2) is 0 Å². The minimum absolute atomic E-state index is 0.737. The largest absolute Gasteiger partial charge is 0.0682 e. The van der Waals surface area contributed by atoms with E-state index < -0.39 is 0 Å². The van der Waals surface area contributed by atoms with Crippen LogP contribution < -0.4 is 0 Å². The average Bonchev–Trinajstić information content (AvgIpc) is 3.37. The first kappa shape index (κ1) is 24.8. The third-order valence-corrected chi connectivity index (χ3v) is 7.22. The highest BCUT2D eigenvalue weighted by molar-refractivity contribution is 5.24. The van der Waals surface area contributed by atoms with Crippen LogP contribution >= 0.6 is 0 Å². The van der Waals surface area contributed by atoms with Gasteiger partial charge in [0.1, 0.15) is 0 Å².